The number of carbonyl (C=O) groups is 1. The van der Waals surface area contributed by atoms with E-state index in [2.05, 4.69) is 27.1 Å². The van der Waals surface area contributed by atoms with E-state index in [-0.39, 0.29) is 24.1 Å². The number of hydrogen-bond acceptors (Lipinski definition) is 10. The monoisotopic (exact) mass is 650 g/mol. The lowest BCUT2D eigenvalue weighted by Crippen LogP contribution is -3.09. The number of anilines is 2. The zero-order valence-electron chi connectivity index (χ0n) is 25.8. The van der Waals surface area contributed by atoms with Crippen LogP contribution in [0.25, 0.3) is 10.2 Å². The third-order valence-corrected chi connectivity index (χ3v) is 9.07. The van der Waals surface area contributed by atoms with Crippen LogP contribution >= 0.6 is 22.7 Å². The molecule has 0 saturated heterocycles. The van der Waals surface area contributed by atoms with Gasteiger partial charge in [-0.3, -0.25) is 0 Å². The normalized spacial score (nSPS) is 12.8. The van der Waals surface area contributed by atoms with Crippen molar-refractivity contribution in [1.82, 2.24) is 9.97 Å². The number of aromatic nitrogens is 2. The van der Waals surface area contributed by atoms with Gasteiger partial charge in [-0.15, -0.1) is 11.3 Å². The molecule has 4 aromatic rings. The van der Waals surface area contributed by atoms with E-state index < -0.39 is 11.8 Å². The topological polar surface area (TPSA) is 144 Å². The minimum absolute atomic E-state index is 0.0539. The number of carboxylic acid groups (broad SMARTS) is 1. The summed E-state index contributed by atoms with van der Waals surface area (Å²) in [5.74, 6) is 5.28. The van der Waals surface area contributed by atoms with E-state index in [9.17, 15) is 14.3 Å². The van der Waals surface area contributed by atoms with Gasteiger partial charge >= 0.3 is 5.97 Å². The third kappa shape index (κ3) is 8.72. The van der Waals surface area contributed by atoms with Crippen molar-refractivity contribution in [3.8, 4) is 17.6 Å². The molecule has 0 fully saturated rings. The number of aryl methyl sites for hydroxylation is 1. The third-order valence-electron chi connectivity index (χ3n) is 6.92. The van der Waals surface area contributed by atoms with Crippen LogP contribution in [0.15, 0.2) is 65.8 Å². The van der Waals surface area contributed by atoms with E-state index >= 15 is 0 Å². The number of ether oxygens (including phenoxy) is 1. The van der Waals surface area contributed by atoms with E-state index in [4.69, 9.17) is 16.2 Å². The van der Waals surface area contributed by atoms with Crippen molar-refractivity contribution in [3.63, 3.8) is 0 Å². The minimum atomic E-state index is -1.14. The molecule has 0 radical (unpaired) electrons. The van der Waals surface area contributed by atoms with Gasteiger partial charge in [0.05, 0.1) is 30.9 Å². The molecule has 0 saturated carbocycles. The van der Waals surface area contributed by atoms with Crippen LogP contribution in [0.1, 0.15) is 41.2 Å². The first kappa shape index (κ1) is 33.3. The Balaban J connectivity index is 1.37. The predicted molar refractivity (Wildman–Crippen MR) is 179 cm³/mol. The summed E-state index contributed by atoms with van der Waals surface area (Å²) < 4.78 is 21.3. The molecule has 2 heterocycles. The van der Waals surface area contributed by atoms with Gasteiger partial charge in [-0.2, -0.15) is 0 Å². The van der Waals surface area contributed by atoms with Gasteiger partial charge < -0.3 is 36.4 Å². The second-order valence-corrected chi connectivity index (χ2v) is 12.7. The van der Waals surface area contributed by atoms with Crippen LogP contribution in [0.2, 0.25) is 0 Å². The first-order valence-corrected chi connectivity index (χ1v) is 15.8. The van der Waals surface area contributed by atoms with Crippen LogP contribution in [-0.4, -0.2) is 54.8 Å². The van der Waals surface area contributed by atoms with Crippen LogP contribution in [0, 0.1) is 17.7 Å². The summed E-state index contributed by atoms with van der Waals surface area (Å²) in [5, 5.41) is 14.0. The molecule has 0 spiro atoms. The maximum atomic E-state index is 14.6. The van der Waals surface area contributed by atoms with Gasteiger partial charge in [-0.1, -0.05) is 29.4 Å². The second kappa shape index (κ2) is 14.9. The molecule has 236 valence electrons. The number of nitrogens with one attached hydrogen (secondary N) is 2. The van der Waals surface area contributed by atoms with Gasteiger partial charge in [-0.05, 0) is 74.6 Å². The van der Waals surface area contributed by atoms with E-state index in [1.54, 1.807) is 30.2 Å². The van der Waals surface area contributed by atoms with Crippen LogP contribution in [-0.2, 0) is 6.42 Å². The van der Waals surface area contributed by atoms with E-state index in [0.717, 1.165) is 10.2 Å². The molecule has 0 aliphatic heterocycles. The highest BCUT2D eigenvalue weighted by atomic mass is 32.1. The standard InChI is InChI=1S/C32H36FN7O3S2/c1-19(29(35)38-31-36-23-9-6-7-10-25(23)44-31)17-27(34)40(5)32-37-28(30(41)42)26(45-32)11-8-16-43-24-15-14-21(18-22(24)33)13-12-20(2)39(3)4/h6-7,9-10,14-15,17-18,20H,8,11,16,34-35H2,1-5H3,(H,36,38)(H,41,42)/p+1/b27-17+,29-19+. The molecule has 7 N–H and O–H groups in total. The van der Waals surface area contributed by atoms with Gasteiger partial charge in [0.2, 0.25) is 0 Å². The van der Waals surface area contributed by atoms with Gasteiger partial charge in [0, 0.05) is 17.5 Å². The number of quaternary nitrogens is 1. The Kier molecular flexibility index (Phi) is 11.0. The zero-order valence-corrected chi connectivity index (χ0v) is 27.4. The maximum absolute atomic E-state index is 14.6. The number of thiazole rings is 2. The molecule has 2 aromatic carbocycles. The van der Waals surface area contributed by atoms with Gasteiger partial charge in [0.15, 0.2) is 27.5 Å². The average Bonchev–Trinajstić information content (AvgIpc) is 3.62. The Morgan fingerprint density at radius 1 is 1.22 bits per heavy atom. The lowest BCUT2D eigenvalue weighted by Gasteiger charge is -2.16. The number of fused-ring (bicyclic) bond motifs is 1. The molecule has 0 aliphatic carbocycles. The number of para-hydroxylation sites is 1. The SMILES string of the molecule is CC(/C=C(\N)N(C)c1nc(C(=O)O)c(CCCOc2ccc(C#CC(C)[NH+](C)C)cc2F)s1)=C(/N)Nc1nc2ccccc2s1. The molecule has 1 atom stereocenters. The highest BCUT2D eigenvalue weighted by Gasteiger charge is 2.20. The fraction of sp³-hybridized carbons (Fsp3) is 0.281. The zero-order chi connectivity index (χ0) is 32.7. The summed E-state index contributed by atoms with van der Waals surface area (Å²) in [7, 11) is 5.72. The van der Waals surface area contributed by atoms with Crippen molar-refractivity contribution in [2.24, 2.45) is 11.5 Å². The Hall–Kier alpha value is -4.64. The number of halogens is 1. The molecular weight excluding hydrogens is 614 g/mol. The molecule has 13 heteroatoms. The number of allylic oxidation sites excluding steroid dienone is 2. The lowest BCUT2D eigenvalue weighted by molar-refractivity contribution is -0.874. The van der Waals surface area contributed by atoms with Gasteiger partial charge in [0.25, 0.3) is 0 Å². The summed E-state index contributed by atoms with van der Waals surface area (Å²) in [6.45, 7) is 4.00. The summed E-state index contributed by atoms with van der Waals surface area (Å²) in [6.07, 6.45) is 2.52. The van der Waals surface area contributed by atoms with Crippen molar-refractivity contribution >= 4 is 49.1 Å². The Labute approximate surface area is 269 Å². The quantitative estimate of drug-likeness (QED) is 0.0873. The van der Waals surface area contributed by atoms with E-state index in [1.165, 1.54) is 33.6 Å². The molecule has 0 aliphatic rings. The number of hydrogen-bond donors (Lipinski definition) is 5. The number of nitrogens with two attached hydrogens (primary N) is 2. The molecule has 0 bridgehead atoms. The minimum Gasteiger partial charge on any atom is -0.491 e. The maximum Gasteiger partial charge on any atom is 0.355 e. The largest absolute Gasteiger partial charge is 0.491 e. The van der Waals surface area contributed by atoms with Crippen molar-refractivity contribution in [1.29, 1.82) is 0 Å². The number of benzene rings is 2. The molecule has 4 rings (SSSR count). The highest BCUT2D eigenvalue weighted by molar-refractivity contribution is 7.22. The van der Waals surface area contributed by atoms with Crippen LogP contribution in [0.3, 0.4) is 0 Å². The summed E-state index contributed by atoms with van der Waals surface area (Å²) >= 11 is 2.71. The molecular formula is C32H37FN7O3S2+. The second-order valence-electron chi connectivity index (χ2n) is 10.6. The lowest BCUT2D eigenvalue weighted by atomic mass is 10.2. The first-order chi connectivity index (χ1) is 21.4. The van der Waals surface area contributed by atoms with Gasteiger partial charge in [-0.25, -0.2) is 19.2 Å². The molecule has 0 amide bonds. The number of aromatic carboxylic acids is 1. The first-order valence-electron chi connectivity index (χ1n) is 14.2. The van der Waals surface area contributed by atoms with Crippen molar-refractivity contribution in [2.45, 2.75) is 32.7 Å². The Morgan fingerprint density at radius 3 is 2.67 bits per heavy atom. The molecule has 1 unspecified atom stereocenters. The number of carboxylic acids is 1. The van der Waals surface area contributed by atoms with Crippen LogP contribution in [0.5, 0.6) is 5.75 Å². The van der Waals surface area contributed by atoms with E-state index in [1.807, 2.05) is 52.2 Å². The van der Waals surface area contributed by atoms with Crippen LogP contribution in [0.4, 0.5) is 14.7 Å². The average molecular weight is 651 g/mol. The van der Waals surface area contributed by atoms with Gasteiger partial charge in [0.1, 0.15) is 17.7 Å². The highest BCUT2D eigenvalue weighted by Crippen LogP contribution is 2.29. The van der Waals surface area contributed by atoms with E-state index in [0.29, 0.717) is 50.8 Å². The van der Waals surface area contributed by atoms with Crippen LogP contribution < -0.4 is 31.3 Å². The Morgan fingerprint density at radius 2 is 1.98 bits per heavy atom. The summed E-state index contributed by atoms with van der Waals surface area (Å²) in [5.41, 5.74) is 14.7. The predicted octanol–water partition coefficient (Wildman–Crippen LogP) is 4.02. The Bertz CT molecular complexity index is 1770. The number of rotatable bonds is 12. The molecule has 45 heavy (non-hydrogen) atoms. The fourth-order valence-corrected chi connectivity index (χ4v) is 5.87. The molecule has 2 aromatic heterocycles. The fourth-order valence-electron chi connectivity index (χ4n) is 3.91. The van der Waals surface area contributed by atoms with Crippen molar-refractivity contribution < 1.29 is 23.9 Å². The summed E-state index contributed by atoms with van der Waals surface area (Å²) in [6, 6.07) is 12.6. The summed E-state index contributed by atoms with van der Waals surface area (Å²) in [4.78, 5) is 24.1. The van der Waals surface area contributed by atoms with Crippen molar-refractivity contribution in [3.05, 3.63) is 87.7 Å². The smallest absolute Gasteiger partial charge is 0.355 e. The van der Waals surface area contributed by atoms with Crippen molar-refractivity contribution in [2.75, 3.05) is 38.0 Å². The number of nitrogens with zero attached hydrogens (tertiary/aromatic N) is 3. The molecule has 10 nitrogen and oxygen atoms in total.